The number of aromatic nitrogens is 1. The number of rotatable bonds is 10. The van der Waals surface area contributed by atoms with Crippen LogP contribution in [0.3, 0.4) is 0 Å². The molecule has 1 aromatic heterocycles. The van der Waals surface area contributed by atoms with E-state index in [2.05, 4.69) is 65.8 Å². The Morgan fingerprint density at radius 2 is 1.92 bits per heavy atom. The largest absolute Gasteiger partial charge is 0.497 e. The molecule has 1 saturated heterocycles. The summed E-state index contributed by atoms with van der Waals surface area (Å²) in [6.07, 6.45) is 3.05. The highest BCUT2D eigenvalue weighted by atomic mass is 16.5. The molecule has 3 atom stereocenters. The van der Waals surface area contributed by atoms with Gasteiger partial charge < -0.3 is 25.0 Å². The van der Waals surface area contributed by atoms with Gasteiger partial charge in [0.05, 0.1) is 24.9 Å². The molecule has 202 valence electrons. The number of likely N-dealkylation sites (tertiary alicyclic amines) is 1. The highest BCUT2D eigenvalue weighted by Crippen LogP contribution is 2.38. The summed E-state index contributed by atoms with van der Waals surface area (Å²) in [5, 5.41) is 7.97. The van der Waals surface area contributed by atoms with Crippen molar-refractivity contribution in [2.75, 3.05) is 45.2 Å². The Balaban J connectivity index is 1.15. The van der Waals surface area contributed by atoms with Crippen LogP contribution in [0.2, 0.25) is 0 Å². The van der Waals surface area contributed by atoms with Crippen LogP contribution in [0, 0.1) is 17.8 Å². The topological polar surface area (TPSA) is 75.7 Å². The van der Waals surface area contributed by atoms with E-state index in [0.29, 0.717) is 24.4 Å². The smallest absolute Gasteiger partial charge is 0.407 e. The number of methoxy groups -OCH3 is 1. The van der Waals surface area contributed by atoms with Crippen molar-refractivity contribution in [1.82, 2.24) is 15.2 Å². The molecule has 0 bridgehead atoms. The summed E-state index contributed by atoms with van der Waals surface area (Å²) in [5.74, 6) is 2.40. The van der Waals surface area contributed by atoms with Gasteiger partial charge in [-0.2, -0.15) is 0 Å². The lowest BCUT2D eigenvalue weighted by Gasteiger charge is -2.22. The van der Waals surface area contributed by atoms with Gasteiger partial charge in [0.15, 0.2) is 0 Å². The zero-order valence-corrected chi connectivity index (χ0v) is 22.8. The van der Waals surface area contributed by atoms with Gasteiger partial charge in [0, 0.05) is 42.3 Å². The van der Waals surface area contributed by atoms with Crippen LogP contribution in [0.15, 0.2) is 54.6 Å². The fourth-order valence-corrected chi connectivity index (χ4v) is 5.91. The summed E-state index contributed by atoms with van der Waals surface area (Å²) in [6, 6.07) is 18.7. The lowest BCUT2D eigenvalue weighted by molar-refractivity contribution is 0.126. The number of carbonyl (C=O) groups is 1. The van der Waals surface area contributed by atoms with E-state index in [9.17, 15) is 4.79 Å². The first-order valence-electron chi connectivity index (χ1n) is 13.9. The molecule has 2 heterocycles. The van der Waals surface area contributed by atoms with E-state index < -0.39 is 0 Å². The van der Waals surface area contributed by atoms with Gasteiger partial charge in [0.2, 0.25) is 0 Å². The molecule has 38 heavy (non-hydrogen) atoms. The van der Waals surface area contributed by atoms with E-state index in [-0.39, 0.29) is 12.1 Å². The van der Waals surface area contributed by atoms with Crippen LogP contribution >= 0.6 is 0 Å². The van der Waals surface area contributed by atoms with Crippen molar-refractivity contribution < 1.29 is 14.3 Å². The second kappa shape index (κ2) is 12.0. The van der Waals surface area contributed by atoms with Crippen LogP contribution in [0.25, 0.3) is 22.2 Å². The van der Waals surface area contributed by atoms with Crippen LogP contribution in [0.5, 0.6) is 5.75 Å². The van der Waals surface area contributed by atoms with Gasteiger partial charge in [0.25, 0.3) is 0 Å². The van der Waals surface area contributed by atoms with Crippen molar-refractivity contribution >= 4 is 22.7 Å². The minimum atomic E-state index is -0.259. The predicted octanol–water partition coefficient (Wildman–Crippen LogP) is 5.81. The standard InChI is InChI=1S/C31H40N4O3/c1-21(2)20-38-31(36)34-28-14-11-23-18-35(19-26(23)28)16-6-15-32-30-17-29(22-9-12-24(37-3)13-10-22)33-27-8-5-4-7-25(27)30/h4-5,7-10,12-13,17,21,23,26,28H,6,11,14-16,18-20H2,1-3H3,(H,32,33)(H,34,36). The Morgan fingerprint density at radius 1 is 1.11 bits per heavy atom. The van der Waals surface area contributed by atoms with Crippen LogP contribution in [0.4, 0.5) is 10.5 Å². The van der Waals surface area contributed by atoms with E-state index in [0.717, 1.165) is 72.6 Å². The molecule has 7 nitrogen and oxygen atoms in total. The Morgan fingerprint density at radius 3 is 2.71 bits per heavy atom. The molecule has 2 fully saturated rings. The number of pyridine rings is 1. The number of carbonyl (C=O) groups excluding carboxylic acids is 1. The highest BCUT2D eigenvalue weighted by molar-refractivity contribution is 5.93. The minimum Gasteiger partial charge on any atom is -0.497 e. The Hall–Kier alpha value is -3.32. The highest BCUT2D eigenvalue weighted by Gasteiger charge is 2.43. The van der Waals surface area contributed by atoms with Gasteiger partial charge in [-0.3, -0.25) is 0 Å². The number of nitrogens with one attached hydrogen (secondary N) is 2. The summed E-state index contributed by atoms with van der Waals surface area (Å²) in [7, 11) is 1.68. The number of alkyl carbamates (subject to hydrolysis) is 1. The molecular formula is C31H40N4O3. The second-order valence-electron chi connectivity index (χ2n) is 11.1. The fraction of sp³-hybridized carbons (Fsp3) is 0.484. The second-order valence-corrected chi connectivity index (χ2v) is 11.1. The van der Waals surface area contributed by atoms with E-state index in [1.54, 1.807) is 7.11 Å². The Bertz CT molecular complexity index is 1230. The average Bonchev–Trinajstić information content (AvgIpc) is 3.51. The fourth-order valence-electron chi connectivity index (χ4n) is 5.91. The van der Waals surface area contributed by atoms with Crippen molar-refractivity contribution in [2.45, 2.75) is 39.2 Å². The molecule has 1 amide bonds. The van der Waals surface area contributed by atoms with E-state index in [1.165, 1.54) is 6.42 Å². The van der Waals surface area contributed by atoms with Crippen molar-refractivity contribution in [3.63, 3.8) is 0 Å². The Labute approximate surface area is 225 Å². The molecule has 3 aromatic rings. The first-order valence-corrected chi connectivity index (χ1v) is 13.9. The van der Waals surface area contributed by atoms with Crippen LogP contribution < -0.4 is 15.4 Å². The molecule has 1 aliphatic heterocycles. The zero-order chi connectivity index (χ0) is 26.5. The number of benzene rings is 2. The summed E-state index contributed by atoms with van der Waals surface area (Å²) < 4.78 is 10.7. The number of nitrogens with zero attached hydrogens (tertiary/aromatic N) is 2. The molecule has 5 rings (SSSR count). The average molecular weight is 517 g/mol. The first-order chi connectivity index (χ1) is 18.5. The lowest BCUT2D eigenvalue weighted by atomic mass is 9.98. The minimum absolute atomic E-state index is 0.238. The Kier molecular flexibility index (Phi) is 8.32. The van der Waals surface area contributed by atoms with E-state index in [4.69, 9.17) is 14.5 Å². The number of hydrogen-bond acceptors (Lipinski definition) is 6. The van der Waals surface area contributed by atoms with Gasteiger partial charge >= 0.3 is 6.09 Å². The number of ether oxygens (including phenoxy) is 2. The third-order valence-corrected chi connectivity index (χ3v) is 7.85. The molecular weight excluding hydrogens is 476 g/mol. The normalized spacial score (nSPS) is 21.0. The van der Waals surface area contributed by atoms with Gasteiger partial charge in [0.1, 0.15) is 5.75 Å². The molecule has 7 heteroatoms. The molecule has 1 aliphatic carbocycles. The van der Waals surface area contributed by atoms with E-state index in [1.807, 2.05) is 18.2 Å². The number of hydrogen-bond donors (Lipinski definition) is 2. The van der Waals surface area contributed by atoms with Crippen LogP contribution in [0.1, 0.15) is 33.1 Å². The summed E-state index contributed by atoms with van der Waals surface area (Å²) in [5.41, 5.74) is 4.12. The molecule has 0 radical (unpaired) electrons. The molecule has 2 N–H and O–H groups in total. The maximum absolute atomic E-state index is 12.2. The lowest BCUT2D eigenvalue weighted by Crippen LogP contribution is -2.40. The molecule has 2 aliphatic rings. The van der Waals surface area contributed by atoms with Crippen LogP contribution in [-0.4, -0.2) is 61.9 Å². The third kappa shape index (κ3) is 6.21. The summed E-state index contributed by atoms with van der Waals surface area (Å²) >= 11 is 0. The number of fused-ring (bicyclic) bond motifs is 2. The van der Waals surface area contributed by atoms with Gasteiger partial charge in [-0.1, -0.05) is 32.0 Å². The third-order valence-electron chi connectivity index (χ3n) is 7.85. The monoisotopic (exact) mass is 516 g/mol. The predicted molar refractivity (Wildman–Crippen MR) is 153 cm³/mol. The van der Waals surface area contributed by atoms with E-state index >= 15 is 0 Å². The SMILES string of the molecule is COc1ccc(-c2cc(NCCCN3CC4CCC(NC(=O)OCC(C)C)C4C3)c3ccccc3n2)cc1. The van der Waals surface area contributed by atoms with Crippen molar-refractivity contribution in [1.29, 1.82) is 0 Å². The van der Waals surface area contributed by atoms with Gasteiger partial charge in [-0.05, 0) is 80.0 Å². The zero-order valence-electron chi connectivity index (χ0n) is 22.8. The van der Waals surface area contributed by atoms with Gasteiger partial charge in [-0.25, -0.2) is 9.78 Å². The molecule has 2 aromatic carbocycles. The van der Waals surface area contributed by atoms with Crippen molar-refractivity contribution in [3.8, 4) is 17.0 Å². The summed E-state index contributed by atoms with van der Waals surface area (Å²) in [4.78, 5) is 19.7. The van der Waals surface area contributed by atoms with Crippen molar-refractivity contribution in [2.24, 2.45) is 17.8 Å². The molecule has 0 spiro atoms. The first kappa shape index (κ1) is 26.3. The molecule has 1 saturated carbocycles. The number of anilines is 1. The van der Waals surface area contributed by atoms with Crippen LogP contribution in [-0.2, 0) is 4.74 Å². The maximum Gasteiger partial charge on any atom is 0.407 e. The summed E-state index contributed by atoms with van der Waals surface area (Å²) in [6.45, 7) is 8.71. The maximum atomic E-state index is 12.2. The number of para-hydroxylation sites is 1. The van der Waals surface area contributed by atoms with Crippen molar-refractivity contribution in [3.05, 3.63) is 54.6 Å². The molecule has 3 unspecified atom stereocenters. The quantitative estimate of drug-likeness (QED) is 0.332. The van der Waals surface area contributed by atoms with Gasteiger partial charge in [-0.15, -0.1) is 0 Å². The number of amides is 1.